The highest BCUT2D eigenvalue weighted by Crippen LogP contribution is 2.30. The predicted molar refractivity (Wildman–Crippen MR) is 70.6 cm³/mol. The van der Waals surface area contributed by atoms with Gasteiger partial charge in [-0.1, -0.05) is 5.21 Å². The molecule has 0 aliphatic carbocycles. The highest BCUT2D eigenvalue weighted by Gasteiger charge is 2.34. The van der Waals surface area contributed by atoms with Crippen molar-refractivity contribution in [2.45, 2.75) is 12.8 Å². The Labute approximate surface area is 119 Å². The van der Waals surface area contributed by atoms with E-state index in [0.717, 1.165) is 6.07 Å². The molecular formula is C10H12F3N6OP. The van der Waals surface area contributed by atoms with Crippen LogP contribution in [0.5, 0.6) is 6.01 Å². The summed E-state index contributed by atoms with van der Waals surface area (Å²) in [5.41, 5.74) is -0.591. The number of hydrogen-bond donors (Lipinski definition) is 1. The minimum atomic E-state index is -4.57. The van der Waals surface area contributed by atoms with Crippen LogP contribution in [0, 0.1) is 0 Å². The Morgan fingerprint density at radius 3 is 2.71 bits per heavy atom. The number of anilines is 1. The first kappa shape index (κ1) is 15.4. The molecule has 1 N–H and O–H groups in total. The molecule has 0 fully saturated rings. The Hall–Kier alpha value is -1.96. The fourth-order valence-electron chi connectivity index (χ4n) is 1.38. The molecule has 0 aliphatic heterocycles. The third-order valence-corrected chi connectivity index (χ3v) is 3.05. The van der Waals surface area contributed by atoms with Gasteiger partial charge in [-0.2, -0.15) is 23.1 Å². The fraction of sp³-hybridized carbons (Fsp3) is 0.400. The van der Waals surface area contributed by atoms with Gasteiger partial charge in [-0.25, -0.2) is 4.45 Å². The van der Waals surface area contributed by atoms with Crippen molar-refractivity contribution in [2.75, 3.05) is 19.0 Å². The average Bonchev–Trinajstić information content (AvgIpc) is 2.92. The summed E-state index contributed by atoms with van der Waals surface area (Å²) in [5, 5.41) is 10.1. The van der Waals surface area contributed by atoms with Crippen molar-refractivity contribution in [1.82, 2.24) is 24.7 Å². The van der Waals surface area contributed by atoms with Crippen molar-refractivity contribution in [3.8, 4) is 6.01 Å². The van der Waals surface area contributed by atoms with Gasteiger partial charge in [0.2, 0.25) is 0 Å². The van der Waals surface area contributed by atoms with Crippen LogP contribution in [-0.4, -0.2) is 38.4 Å². The van der Waals surface area contributed by atoms with Gasteiger partial charge in [0.05, 0.1) is 6.20 Å². The SMILES string of the molecule is CNc1cc(C(F)(F)F)nc(OCc2cn(PC)nn2)n1. The third kappa shape index (κ3) is 4.01. The number of rotatable bonds is 5. The molecule has 1 unspecified atom stereocenters. The minimum Gasteiger partial charge on any atom is -0.457 e. The van der Waals surface area contributed by atoms with Crippen LogP contribution < -0.4 is 10.1 Å². The zero-order valence-electron chi connectivity index (χ0n) is 11.1. The van der Waals surface area contributed by atoms with Gasteiger partial charge in [-0.05, 0) is 6.66 Å². The van der Waals surface area contributed by atoms with E-state index in [9.17, 15) is 13.2 Å². The minimum absolute atomic E-state index is 0.0195. The first-order valence-electron chi connectivity index (χ1n) is 5.78. The van der Waals surface area contributed by atoms with E-state index in [-0.39, 0.29) is 18.4 Å². The van der Waals surface area contributed by atoms with Gasteiger partial charge in [0, 0.05) is 21.8 Å². The average molecular weight is 320 g/mol. The Bertz CT molecular complexity index is 617. The van der Waals surface area contributed by atoms with Crippen molar-refractivity contribution in [2.24, 2.45) is 0 Å². The molecule has 2 heterocycles. The Morgan fingerprint density at radius 2 is 2.14 bits per heavy atom. The second-order valence-corrected chi connectivity index (χ2v) is 4.74. The van der Waals surface area contributed by atoms with E-state index in [0.29, 0.717) is 14.4 Å². The fourth-order valence-corrected chi connectivity index (χ4v) is 1.79. The highest BCUT2D eigenvalue weighted by atomic mass is 31.1. The molecule has 2 aromatic rings. The predicted octanol–water partition coefficient (Wildman–Crippen LogP) is 1.78. The third-order valence-electron chi connectivity index (χ3n) is 2.37. The van der Waals surface area contributed by atoms with Gasteiger partial charge in [0.1, 0.15) is 18.1 Å². The van der Waals surface area contributed by atoms with E-state index in [2.05, 4.69) is 25.6 Å². The van der Waals surface area contributed by atoms with Crippen LogP contribution in [0.4, 0.5) is 19.0 Å². The number of ether oxygens (including phenoxy) is 1. The van der Waals surface area contributed by atoms with Crippen molar-refractivity contribution in [3.05, 3.63) is 23.7 Å². The van der Waals surface area contributed by atoms with Crippen LogP contribution in [0.2, 0.25) is 0 Å². The molecular weight excluding hydrogens is 308 g/mol. The smallest absolute Gasteiger partial charge is 0.433 e. The molecule has 0 amide bonds. The monoisotopic (exact) mass is 320 g/mol. The molecule has 1 atom stereocenters. The van der Waals surface area contributed by atoms with Gasteiger partial charge < -0.3 is 10.1 Å². The van der Waals surface area contributed by atoms with Gasteiger partial charge in [-0.15, -0.1) is 5.10 Å². The summed E-state index contributed by atoms with van der Waals surface area (Å²) < 4.78 is 44.8. The molecule has 0 saturated carbocycles. The van der Waals surface area contributed by atoms with Gasteiger partial charge in [-0.3, -0.25) is 0 Å². The molecule has 21 heavy (non-hydrogen) atoms. The normalized spacial score (nSPS) is 12.0. The van der Waals surface area contributed by atoms with Crippen LogP contribution in [-0.2, 0) is 12.8 Å². The second-order valence-electron chi connectivity index (χ2n) is 3.84. The van der Waals surface area contributed by atoms with Crippen molar-refractivity contribution in [1.29, 1.82) is 0 Å². The highest BCUT2D eigenvalue weighted by molar-refractivity contribution is 7.35. The number of aromatic nitrogens is 5. The molecule has 114 valence electrons. The zero-order chi connectivity index (χ0) is 15.5. The Morgan fingerprint density at radius 1 is 1.38 bits per heavy atom. The molecule has 2 rings (SSSR count). The van der Waals surface area contributed by atoms with Gasteiger partial charge >= 0.3 is 12.2 Å². The summed E-state index contributed by atoms with van der Waals surface area (Å²) in [6.07, 6.45) is -2.93. The first-order valence-corrected chi connectivity index (χ1v) is 7.23. The molecule has 0 aliphatic rings. The summed E-state index contributed by atoms with van der Waals surface area (Å²) in [5.74, 6) is 0.0195. The largest absolute Gasteiger partial charge is 0.457 e. The number of nitrogens with one attached hydrogen (secondary N) is 1. The molecule has 0 aromatic carbocycles. The lowest BCUT2D eigenvalue weighted by molar-refractivity contribution is -0.141. The summed E-state index contributed by atoms with van der Waals surface area (Å²) in [7, 11) is 1.87. The lowest BCUT2D eigenvalue weighted by Crippen LogP contribution is -2.12. The molecule has 2 aromatic heterocycles. The maximum atomic E-state index is 12.7. The summed E-state index contributed by atoms with van der Waals surface area (Å²) in [6, 6.07) is 0.434. The van der Waals surface area contributed by atoms with Crippen LogP contribution >= 0.6 is 8.73 Å². The molecule has 7 nitrogen and oxygen atoms in total. The van der Waals surface area contributed by atoms with Crippen molar-refractivity contribution >= 4 is 14.5 Å². The van der Waals surface area contributed by atoms with Gasteiger partial charge in [0.15, 0.2) is 5.69 Å². The maximum absolute atomic E-state index is 12.7. The van der Waals surface area contributed by atoms with E-state index in [1.165, 1.54) is 7.05 Å². The summed E-state index contributed by atoms with van der Waals surface area (Å²) in [6.45, 7) is 1.85. The van der Waals surface area contributed by atoms with Gasteiger partial charge in [0.25, 0.3) is 0 Å². The molecule has 0 bridgehead atoms. The summed E-state index contributed by atoms with van der Waals surface area (Å²) in [4.78, 5) is 7.15. The van der Waals surface area contributed by atoms with Crippen molar-refractivity contribution < 1.29 is 17.9 Å². The number of halogens is 3. The van der Waals surface area contributed by atoms with Crippen molar-refractivity contribution in [3.63, 3.8) is 0 Å². The lowest BCUT2D eigenvalue weighted by Gasteiger charge is -2.10. The van der Waals surface area contributed by atoms with E-state index in [1.54, 1.807) is 10.6 Å². The second kappa shape index (κ2) is 6.21. The lowest BCUT2D eigenvalue weighted by atomic mass is 10.4. The zero-order valence-corrected chi connectivity index (χ0v) is 12.1. The number of alkyl halides is 3. The number of hydrogen-bond acceptors (Lipinski definition) is 6. The maximum Gasteiger partial charge on any atom is 0.433 e. The quantitative estimate of drug-likeness (QED) is 0.846. The van der Waals surface area contributed by atoms with Crippen LogP contribution in [0.1, 0.15) is 11.4 Å². The summed E-state index contributed by atoms with van der Waals surface area (Å²) >= 11 is 0. The van der Waals surface area contributed by atoms with Crippen LogP contribution in [0.15, 0.2) is 12.3 Å². The number of nitrogens with zero attached hydrogens (tertiary/aromatic N) is 5. The molecule has 11 heteroatoms. The topological polar surface area (TPSA) is 77.8 Å². The Balaban J connectivity index is 2.15. The molecule has 0 spiro atoms. The standard InChI is InChI=1S/C10H12F3N6OP/c1-14-8-3-7(10(11,12)13)15-9(16-8)20-5-6-4-19(21-2)18-17-6/h3-4,21H,5H2,1-2H3,(H,14,15,16). The van der Waals surface area contributed by atoms with Crippen LogP contribution in [0.25, 0.3) is 0 Å². The first-order chi connectivity index (χ1) is 9.92. The van der Waals surface area contributed by atoms with E-state index >= 15 is 0 Å². The Kier molecular flexibility index (Phi) is 4.56. The van der Waals surface area contributed by atoms with E-state index < -0.39 is 11.9 Å². The van der Waals surface area contributed by atoms with E-state index in [1.807, 2.05) is 6.66 Å². The van der Waals surface area contributed by atoms with E-state index in [4.69, 9.17) is 4.74 Å². The molecule has 0 radical (unpaired) electrons. The molecule has 0 saturated heterocycles. The van der Waals surface area contributed by atoms with Crippen LogP contribution in [0.3, 0.4) is 0 Å².